The molecule has 1 aromatic heterocycles. The Morgan fingerprint density at radius 2 is 1.96 bits per heavy atom. The second-order valence-electron chi connectivity index (χ2n) is 6.56. The summed E-state index contributed by atoms with van der Waals surface area (Å²) in [5.74, 6) is 0.513. The summed E-state index contributed by atoms with van der Waals surface area (Å²) in [5, 5.41) is 0. The van der Waals surface area contributed by atoms with Crippen LogP contribution in [-0.4, -0.2) is 34.5 Å². The summed E-state index contributed by atoms with van der Waals surface area (Å²) in [6.45, 7) is 3.74. The Balaban J connectivity index is 1.55. The predicted molar refractivity (Wildman–Crippen MR) is 90.5 cm³/mol. The molecule has 0 radical (unpaired) electrons. The first-order chi connectivity index (χ1) is 11.7. The molecule has 0 spiro atoms. The molecule has 3 heterocycles. The summed E-state index contributed by atoms with van der Waals surface area (Å²) >= 11 is 0. The second-order valence-corrected chi connectivity index (χ2v) is 6.56. The molecule has 24 heavy (non-hydrogen) atoms. The van der Waals surface area contributed by atoms with Crippen molar-refractivity contribution in [2.45, 2.75) is 32.4 Å². The molecular formula is C18H21FN4O. The van der Waals surface area contributed by atoms with Gasteiger partial charge >= 0.3 is 0 Å². The predicted octanol–water partition coefficient (Wildman–Crippen LogP) is 2.07. The third-order valence-corrected chi connectivity index (χ3v) is 4.89. The number of fused-ring (bicyclic) bond motifs is 1. The minimum Gasteiger partial charge on any atom is -0.342 e. The van der Waals surface area contributed by atoms with Crippen LogP contribution in [0.4, 0.5) is 10.3 Å². The first kappa shape index (κ1) is 15.3. The van der Waals surface area contributed by atoms with E-state index in [1.165, 1.54) is 6.07 Å². The maximum Gasteiger partial charge on any atom is 0.257 e. The van der Waals surface area contributed by atoms with Crippen molar-refractivity contribution in [1.82, 2.24) is 14.9 Å². The highest BCUT2D eigenvalue weighted by molar-refractivity contribution is 5.35. The average molecular weight is 328 g/mol. The molecule has 0 saturated carbocycles. The van der Waals surface area contributed by atoms with Crippen LogP contribution in [0.5, 0.6) is 0 Å². The topological polar surface area (TPSA) is 52.2 Å². The van der Waals surface area contributed by atoms with Gasteiger partial charge in [-0.1, -0.05) is 18.2 Å². The molecule has 1 aromatic carbocycles. The molecule has 0 unspecified atom stereocenters. The van der Waals surface area contributed by atoms with Gasteiger partial charge in [0.05, 0.1) is 11.3 Å². The molecule has 6 heteroatoms. The minimum atomic E-state index is -0.195. The minimum absolute atomic E-state index is 0.0554. The third kappa shape index (κ3) is 2.94. The maximum absolute atomic E-state index is 13.8. The molecule has 0 amide bonds. The Hall–Kier alpha value is -2.21. The van der Waals surface area contributed by atoms with E-state index in [4.69, 9.17) is 0 Å². The molecule has 4 rings (SSSR count). The van der Waals surface area contributed by atoms with Crippen molar-refractivity contribution in [1.29, 1.82) is 0 Å². The number of nitrogens with zero attached hydrogens (tertiary/aromatic N) is 3. The Morgan fingerprint density at radius 3 is 2.75 bits per heavy atom. The summed E-state index contributed by atoms with van der Waals surface area (Å²) < 4.78 is 13.8. The summed E-state index contributed by atoms with van der Waals surface area (Å²) in [7, 11) is 0. The maximum atomic E-state index is 13.8. The number of hydrogen-bond acceptors (Lipinski definition) is 4. The van der Waals surface area contributed by atoms with E-state index in [2.05, 4.69) is 19.8 Å². The van der Waals surface area contributed by atoms with E-state index in [9.17, 15) is 9.18 Å². The average Bonchev–Trinajstić information content (AvgIpc) is 3.12. The van der Waals surface area contributed by atoms with Gasteiger partial charge < -0.3 is 4.90 Å². The Morgan fingerprint density at radius 1 is 1.17 bits per heavy atom. The second kappa shape index (κ2) is 6.36. The fourth-order valence-corrected chi connectivity index (χ4v) is 3.55. The molecule has 0 atom stereocenters. The van der Waals surface area contributed by atoms with Gasteiger partial charge in [0.1, 0.15) is 5.82 Å². The third-order valence-electron chi connectivity index (χ3n) is 4.89. The molecule has 1 N–H and O–H groups in total. The summed E-state index contributed by atoms with van der Waals surface area (Å²) in [5.41, 5.74) is 2.23. The SMILES string of the molecule is O=c1[nH]c(N2CCCC2)nc2c1CN(Cc1ccccc1F)CC2. The van der Waals surface area contributed by atoms with Crippen LogP contribution in [0, 0.1) is 5.82 Å². The number of hydrogen-bond donors (Lipinski definition) is 1. The highest BCUT2D eigenvalue weighted by atomic mass is 19.1. The molecule has 0 bridgehead atoms. The van der Waals surface area contributed by atoms with Gasteiger partial charge in [0.2, 0.25) is 5.95 Å². The molecule has 1 fully saturated rings. The number of H-pyrrole nitrogens is 1. The first-order valence-electron chi connectivity index (χ1n) is 8.53. The van der Waals surface area contributed by atoms with Crippen molar-refractivity contribution in [3.05, 3.63) is 57.3 Å². The fraction of sp³-hybridized carbons (Fsp3) is 0.444. The summed E-state index contributed by atoms with van der Waals surface area (Å²) in [6.07, 6.45) is 3.03. The molecule has 2 aromatic rings. The lowest BCUT2D eigenvalue weighted by molar-refractivity contribution is 0.238. The monoisotopic (exact) mass is 328 g/mol. The largest absolute Gasteiger partial charge is 0.342 e. The van der Waals surface area contributed by atoms with Gasteiger partial charge in [-0.3, -0.25) is 14.7 Å². The van der Waals surface area contributed by atoms with Crippen LogP contribution in [0.1, 0.15) is 29.7 Å². The van der Waals surface area contributed by atoms with Crippen LogP contribution in [0.15, 0.2) is 29.1 Å². The van der Waals surface area contributed by atoms with Crippen LogP contribution >= 0.6 is 0 Å². The lowest BCUT2D eigenvalue weighted by Gasteiger charge is -2.28. The van der Waals surface area contributed by atoms with Gasteiger partial charge in [-0.15, -0.1) is 0 Å². The number of halogens is 1. The van der Waals surface area contributed by atoms with E-state index < -0.39 is 0 Å². The van der Waals surface area contributed by atoms with Crippen LogP contribution in [0.25, 0.3) is 0 Å². The zero-order valence-corrected chi connectivity index (χ0v) is 13.6. The van der Waals surface area contributed by atoms with Gasteiger partial charge in [0, 0.05) is 44.7 Å². The van der Waals surface area contributed by atoms with Crippen molar-refractivity contribution in [2.75, 3.05) is 24.5 Å². The quantitative estimate of drug-likeness (QED) is 0.937. The highest BCUT2D eigenvalue weighted by Crippen LogP contribution is 2.21. The van der Waals surface area contributed by atoms with E-state index in [0.717, 1.165) is 50.2 Å². The molecule has 0 aliphatic carbocycles. The molecular weight excluding hydrogens is 307 g/mol. The van der Waals surface area contributed by atoms with Gasteiger partial charge in [-0.2, -0.15) is 0 Å². The Kier molecular flexibility index (Phi) is 4.06. The van der Waals surface area contributed by atoms with Crippen molar-refractivity contribution >= 4 is 5.95 Å². The molecule has 1 saturated heterocycles. The zero-order chi connectivity index (χ0) is 16.5. The van der Waals surface area contributed by atoms with Gasteiger partial charge in [-0.25, -0.2) is 9.37 Å². The molecule has 2 aliphatic heterocycles. The lowest BCUT2D eigenvalue weighted by atomic mass is 10.1. The van der Waals surface area contributed by atoms with Crippen molar-refractivity contribution in [2.24, 2.45) is 0 Å². The molecule has 5 nitrogen and oxygen atoms in total. The molecule has 2 aliphatic rings. The van der Waals surface area contributed by atoms with E-state index >= 15 is 0 Å². The van der Waals surface area contributed by atoms with Crippen LogP contribution < -0.4 is 10.5 Å². The number of benzene rings is 1. The Labute approximate surface area is 140 Å². The van der Waals surface area contributed by atoms with Crippen LogP contribution in [0.2, 0.25) is 0 Å². The van der Waals surface area contributed by atoms with E-state index in [1.807, 2.05) is 6.07 Å². The number of rotatable bonds is 3. The number of anilines is 1. The summed E-state index contributed by atoms with van der Waals surface area (Å²) in [4.78, 5) is 24.4. The van der Waals surface area contributed by atoms with E-state index in [1.54, 1.807) is 12.1 Å². The van der Waals surface area contributed by atoms with E-state index in [-0.39, 0.29) is 11.4 Å². The molecule has 126 valence electrons. The summed E-state index contributed by atoms with van der Waals surface area (Å²) in [6, 6.07) is 6.81. The van der Waals surface area contributed by atoms with Gasteiger partial charge in [-0.05, 0) is 18.9 Å². The zero-order valence-electron chi connectivity index (χ0n) is 13.6. The van der Waals surface area contributed by atoms with Gasteiger partial charge in [0.25, 0.3) is 5.56 Å². The number of aromatic amines is 1. The van der Waals surface area contributed by atoms with Crippen LogP contribution in [0.3, 0.4) is 0 Å². The number of nitrogens with one attached hydrogen (secondary N) is 1. The Bertz CT molecular complexity index is 798. The lowest BCUT2D eigenvalue weighted by Crippen LogP contribution is -2.36. The number of aromatic nitrogens is 2. The van der Waals surface area contributed by atoms with E-state index in [0.29, 0.717) is 24.6 Å². The van der Waals surface area contributed by atoms with Crippen molar-refractivity contribution < 1.29 is 4.39 Å². The first-order valence-corrected chi connectivity index (χ1v) is 8.53. The fourth-order valence-electron chi connectivity index (χ4n) is 3.55. The standard InChI is InChI=1S/C18H21FN4O/c19-15-6-2-1-5-13(15)11-22-10-7-16-14(12-22)17(24)21-18(20-16)23-8-3-4-9-23/h1-2,5-6H,3-4,7-12H2,(H,20,21,24). The van der Waals surface area contributed by atoms with Crippen molar-refractivity contribution in [3.63, 3.8) is 0 Å². The van der Waals surface area contributed by atoms with Gasteiger partial charge in [0.15, 0.2) is 0 Å². The smallest absolute Gasteiger partial charge is 0.257 e. The van der Waals surface area contributed by atoms with Crippen molar-refractivity contribution in [3.8, 4) is 0 Å². The highest BCUT2D eigenvalue weighted by Gasteiger charge is 2.24. The van der Waals surface area contributed by atoms with Crippen LogP contribution in [-0.2, 0) is 19.5 Å². The normalized spacial score (nSPS) is 18.0.